The van der Waals surface area contributed by atoms with Crippen LogP contribution in [0.25, 0.3) is 10.9 Å². The Morgan fingerprint density at radius 2 is 1.83 bits per heavy atom. The van der Waals surface area contributed by atoms with Crippen LogP contribution in [-0.4, -0.2) is 23.5 Å². The molecule has 0 aliphatic carbocycles. The molecule has 4 heteroatoms. The van der Waals surface area contributed by atoms with Crippen LogP contribution in [0.2, 0.25) is 0 Å². The number of amides is 1. The smallest absolute Gasteiger partial charge is 0.275 e. The Bertz CT molecular complexity index is 794. The van der Waals surface area contributed by atoms with Gasteiger partial charge in [0, 0.05) is 17.1 Å². The lowest BCUT2D eigenvalue weighted by Crippen LogP contribution is -2.92. The number of primary amides is 1. The van der Waals surface area contributed by atoms with Gasteiger partial charge in [-0.15, -0.1) is 0 Å². The first-order valence-electron chi connectivity index (χ1n) is 7.90. The molecule has 0 bridgehead atoms. The predicted octanol–water partition coefficient (Wildman–Crippen LogP) is 1.74. The predicted molar refractivity (Wildman–Crippen MR) is 92.0 cm³/mol. The van der Waals surface area contributed by atoms with Gasteiger partial charge in [0.05, 0.1) is 12.5 Å². The van der Waals surface area contributed by atoms with Crippen molar-refractivity contribution in [2.75, 3.05) is 6.54 Å². The van der Waals surface area contributed by atoms with Gasteiger partial charge < -0.3 is 16.0 Å². The highest BCUT2D eigenvalue weighted by Gasteiger charge is 2.22. The van der Waals surface area contributed by atoms with Gasteiger partial charge in [0.15, 0.2) is 6.04 Å². The molecule has 0 saturated carbocycles. The fraction of sp³-hybridized carbons (Fsp3) is 0.211. The highest BCUT2D eigenvalue weighted by molar-refractivity contribution is 5.84. The van der Waals surface area contributed by atoms with Crippen LogP contribution in [0.15, 0.2) is 60.8 Å². The second kappa shape index (κ2) is 6.67. The second-order valence-electron chi connectivity index (χ2n) is 5.92. The molecule has 2 atom stereocenters. The Morgan fingerprint density at radius 1 is 1.13 bits per heavy atom. The SMILES string of the molecule is C[C@@H]([NH2+]C[C@H](c1ccccc1)c1c[nH]c2ccccc12)C(N)=O. The van der Waals surface area contributed by atoms with Gasteiger partial charge in [0.2, 0.25) is 0 Å². The number of carbonyl (C=O) groups excluding carboxylic acids is 1. The van der Waals surface area contributed by atoms with E-state index in [0.29, 0.717) is 0 Å². The Morgan fingerprint density at radius 3 is 2.57 bits per heavy atom. The van der Waals surface area contributed by atoms with Crippen molar-refractivity contribution in [3.63, 3.8) is 0 Å². The molecule has 0 fully saturated rings. The van der Waals surface area contributed by atoms with Crippen molar-refractivity contribution >= 4 is 16.8 Å². The first kappa shape index (κ1) is 15.3. The maximum absolute atomic E-state index is 11.3. The molecular weight excluding hydrogens is 286 g/mol. The zero-order valence-electron chi connectivity index (χ0n) is 13.2. The van der Waals surface area contributed by atoms with Gasteiger partial charge in [-0.3, -0.25) is 4.79 Å². The number of H-pyrrole nitrogens is 1. The maximum atomic E-state index is 11.3. The van der Waals surface area contributed by atoms with E-state index in [-0.39, 0.29) is 17.9 Å². The molecule has 23 heavy (non-hydrogen) atoms. The topological polar surface area (TPSA) is 75.5 Å². The molecule has 0 unspecified atom stereocenters. The van der Waals surface area contributed by atoms with E-state index in [1.54, 1.807) is 0 Å². The number of para-hydroxylation sites is 1. The Hall–Kier alpha value is -2.59. The van der Waals surface area contributed by atoms with Crippen LogP contribution in [0.4, 0.5) is 0 Å². The van der Waals surface area contributed by atoms with Crippen LogP contribution in [0.5, 0.6) is 0 Å². The molecule has 0 aliphatic rings. The first-order valence-corrected chi connectivity index (χ1v) is 7.90. The molecule has 0 spiro atoms. The summed E-state index contributed by atoms with van der Waals surface area (Å²) in [6.07, 6.45) is 2.07. The van der Waals surface area contributed by atoms with Crippen molar-refractivity contribution in [1.29, 1.82) is 0 Å². The van der Waals surface area contributed by atoms with Crippen molar-refractivity contribution in [1.82, 2.24) is 4.98 Å². The van der Waals surface area contributed by atoms with Crippen LogP contribution < -0.4 is 11.1 Å². The molecule has 0 radical (unpaired) electrons. The van der Waals surface area contributed by atoms with E-state index in [0.717, 1.165) is 12.1 Å². The fourth-order valence-corrected chi connectivity index (χ4v) is 2.97. The van der Waals surface area contributed by atoms with Crippen LogP contribution >= 0.6 is 0 Å². The monoisotopic (exact) mass is 308 g/mol. The Kier molecular flexibility index (Phi) is 4.44. The van der Waals surface area contributed by atoms with Crippen molar-refractivity contribution in [2.45, 2.75) is 18.9 Å². The van der Waals surface area contributed by atoms with Crippen LogP contribution in [-0.2, 0) is 4.79 Å². The number of nitrogens with two attached hydrogens (primary N) is 2. The minimum atomic E-state index is -0.282. The third-order valence-electron chi connectivity index (χ3n) is 4.37. The van der Waals surface area contributed by atoms with Gasteiger partial charge in [-0.05, 0) is 24.1 Å². The molecule has 118 valence electrons. The minimum Gasteiger partial charge on any atom is -0.365 e. The lowest BCUT2D eigenvalue weighted by Gasteiger charge is -2.17. The lowest BCUT2D eigenvalue weighted by molar-refractivity contribution is -0.674. The number of quaternary nitrogens is 1. The number of aromatic amines is 1. The summed E-state index contributed by atoms with van der Waals surface area (Å²) < 4.78 is 0. The Balaban J connectivity index is 1.96. The number of benzene rings is 2. The molecular formula is C19H22N3O+. The summed E-state index contributed by atoms with van der Waals surface area (Å²) in [4.78, 5) is 14.7. The van der Waals surface area contributed by atoms with E-state index in [2.05, 4.69) is 53.6 Å². The number of hydrogen-bond acceptors (Lipinski definition) is 1. The van der Waals surface area contributed by atoms with Crippen molar-refractivity contribution in [2.24, 2.45) is 5.73 Å². The highest BCUT2D eigenvalue weighted by Crippen LogP contribution is 2.29. The van der Waals surface area contributed by atoms with Gasteiger partial charge >= 0.3 is 0 Å². The average molecular weight is 308 g/mol. The number of rotatable bonds is 6. The van der Waals surface area contributed by atoms with Crippen molar-refractivity contribution in [3.05, 3.63) is 71.9 Å². The summed E-state index contributed by atoms with van der Waals surface area (Å²) in [6, 6.07) is 18.5. The van der Waals surface area contributed by atoms with Gasteiger partial charge in [0.1, 0.15) is 0 Å². The molecule has 0 saturated heterocycles. The van der Waals surface area contributed by atoms with Crippen LogP contribution in [0, 0.1) is 0 Å². The van der Waals surface area contributed by atoms with Gasteiger partial charge in [-0.1, -0.05) is 48.5 Å². The van der Waals surface area contributed by atoms with E-state index < -0.39 is 0 Å². The standard InChI is InChI=1S/C19H21N3O/c1-13(19(20)23)21-11-16(14-7-3-2-4-8-14)17-12-22-18-10-6-5-9-15(17)18/h2-10,12-13,16,21-22H,11H2,1H3,(H2,20,23)/p+1/t13-,16-/m1/s1. The van der Waals surface area contributed by atoms with E-state index in [4.69, 9.17) is 5.73 Å². The molecule has 3 rings (SSSR count). The third kappa shape index (κ3) is 3.27. The van der Waals surface area contributed by atoms with Crippen molar-refractivity contribution in [3.8, 4) is 0 Å². The maximum Gasteiger partial charge on any atom is 0.275 e. The number of nitrogens with one attached hydrogen (secondary N) is 1. The molecule has 5 N–H and O–H groups in total. The number of aromatic nitrogens is 1. The molecule has 1 aromatic heterocycles. The van der Waals surface area contributed by atoms with E-state index in [9.17, 15) is 4.79 Å². The van der Waals surface area contributed by atoms with Crippen LogP contribution in [0.3, 0.4) is 0 Å². The third-order valence-corrected chi connectivity index (χ3v) is 4.37. The summed E-state index contributed by atoms with van der Waals surface area (Å²) in [5.41, 5.74) is 9.02. The summed E-state index contributed by atoms with van der Waals surface area (Å²) in [5, 5.41) is 3.24. The van der Waals surface area contributed by atoms with E-state index >= 15 is 0 Å². The van der Waals surface area contributed by atoms with Gasteiger partial charge in [0.25, 0.3) is 5.91 Å². The zero-order chi connectivity index (χ0) is 16.2. The Labute approximate surface area is 135 Å². The van der Waals surface area contributed by atoms with E-state index in [1.807, 2.05) is 24.4 Å². The van der Waals surface area contributed by atoms with Crippen LogP contribution in [0.1, 0.15) is 24.0 Å². The quantitative estimate of drug-likeness (QED) is 0.637. The lowest BCUT2D eigenvalue weighted by atomic mass is 9.90. The normalized spacial score (nSPS) is 13.8. The molecule has 1 amide bonds. The molecule has 1 heterocycles. The molecule has 2 aromatic carbocycles. The summed E-state index contributed by atoms with van der Waals surface area (Å²) in [6.45, 7) is 2.62. The van der Waals surface area contributed by atoms with Gasteiger partial charge in [-0.25, -0.2) is 0 Å². The average Bonchev–Trinajstić information content (AvgIpc) is 3.00. The van der Waals surface area contributed by atoms with E-state index in [1.165, 1.54) is 16.5 Å². The number of carbonyl (C=O) groups is 1. The first-order chi connectivity index (χ1) is 11.2. The summed E-state index contributed by atoms with van der Waals surface area (Å²) in [5.74, 6) is -0.0788. The molecule has 3 aromatic rings. The van der Waals surface area contributed by atoms with Crippen molar-refractivity contribution < 1.29 is 10.1 Å². The zero-order valence-corrected chi connectivity index (χ0v) is 13.2. The summed E-state index contributed by atoms with van der Waals surface area (Å²) in [7, 11) is 0. The number of hydrogen-bond donors (Lipinski definition) is 3. The second-order valence-corrected chi connectivity index (χ2v) is 5.92. The molecule has 4 nitrogen and oxygen atoms in total. The highest BCUT2D eigenvalue weighted by atomic mass is 16.1. The minimum absolute atomic E-state index is 0.203. The summed E-state index contributed by atoms with van der Waals surface area (Å²) >= 11 is 0. The van der Waals surface area contributed by atoms with Gasteiger partial charge in [-0.2, -0.15) is 0 Å². The molecule has 0 aliphatic heterocycles. The largest absolute Gasteiger partial charge is 0.365 e. The number of fused-ring (bicyclic) bond motifs is 1. The fourth-order valence-electron chi connectivity index (χ4n) is 2.97.